The molecule has 10 heteroatoms. The van der Waals surface area contributed by atoms with Crippen LogP contribution in [0.5, 0.6) is 0 Å². The summed E-state index contributed by atoms with van der Waals surface area (Å²) in [5.74, 6) is -1.23. The van der Waals surface area contributed by atoms with Crippen LogP contribution >= 0.6 is 0 Å². The zero-order valence-corrected chi connectivity index (χ0v) is 13.8. The number of carbonyl (C=O) groups excluding carboxylic acids is 1. The highest BCUT2D eigenvalue weighted by atomic mass is 19.4. The van der Waals surface area contributed by atoms with Crippen LogP contribution in [0.1, 0.15) is 21.6 Å². The molecular formula is C18H11F6N3O. The van der Waals surface area contributed by atoms with Crippen LogP contribution < -0.4 is 5.32 Å². The quantitative estimate of drug-likeness (QED) is 0.619. The van der Waals surface area contributed by atoms with Gasteiger partial charge in [0.25, 0.3) is 5.91 Å². The molecule has 28 heavy (non-hydrogen) atoms. The normalized spacial score (nSPS) is 12.1. The molecule has 0 aliphatic heterocycles. The van der Waals surface area contributed by atoms with Crippen molar-refractivity contribution in [1.82, 2.24) is 9.78 Å². The molecule has 4 nitrogen and oxygen atoms in total. The van der Waals surface area contributed by atoms with Gasteiger partial charge in [-0.25, -0.2) is 4.68 Å². The Bertz CT molecular complexity index is 993. The maximum Gasteiger partial charge on any atom is 0.434 e. The van der Waals surface area contributed by atoms with Crippen molar-refractivity contribution in [3.8, 4) is 5.69 Å². The number of halogens is 6. The second kappa shape index (κ2) is 7.02. The molecule has 0 aliphatic rings. The summed E-state index contributed by atoms with van der Waals surface area (Å²) in [6.07, 6.45) is -8.86. The molecule has 0 bridgehead atoms. The van der Waals surface area contributed by atoms with E-state index in [4.69, 9.17) is 0 Å². The number of para-hydroxylation sites is 1. The van der Waals surface area contributed by atoms with E-state index < -0.39 is 35.1 Å². The highest BCUT2D eigenvalue weighted by Crippen LogP contribution is 2.34. The molecule has 0 saturated carbocycles. The lowest BCUT2D eigenvalue weighted by Crippen LogP contribution is -2.21. The lowest BCUT2D eigenvalue weighted by atomic mass is 10.1. The Labute approximate surface area is 154 Å². The van der Waals surface area contributed by atoms with Crippen molar-refractivity contribution in [2.24, 2.45) is 0 Å². The highest BCUT2D eigenvalue weighted by Gasteiger charge is 2.40. The monoisotopic (exact) mass is 399 g/mol. The molecule has 3 aromatic rings. The predicted octanol–water partition coefficient (Wildman–Crippen LogP) is 5.16. The number of carbonyl (C=O) groups is 1. The summed E-state index contributed by atoms with van der Waals surface area (Å²) in [6, 6.07) is 10.9. The zero-order chi connectivity index (χ0) is 20.5. The number of anilines is 1. The number of hydrogen-bond acceptors (Lipinski definition) is 2. The van der Waals surface area contributed by atoms with Gasteiger partial charge in [-0.2, -0.15) is 31.4 Å². The summed E-state index contributed by atoms with van der Waals surface area (Å²) in [5.41, 5.74) is -3.40. The molecule has 0 spiro atoms. The van der Waals surface area contributed by atoms with Gasteiger partial charge in [0.05, 0.1) is 23.0 Å². The summed E-state index contributed by atoms with van der Waals surface area (Å²) < 4.78 is 79.5. The first-order chi connectivity index (χ1) is 13.1. The first kappa shape index (κ1) is 19.5. The maximum absolute atomic E-state index is 13.6. The molecular weight excluding hydrogens is 388 g/mol. The second-order valence-corrected chi connectivity index (χ2v) is 5.68. The van der Waals surface area contributed by atoms with Gasteiger partial charge < -0.3 is 5.32 Å². The van der Waals surface area contributed by atoms with E-state index in [1.54, 1.807) is 6.07 Å². The first-order valence-corrected chi connectivity index (χ1v) is 7.76. The van der Waals surface area contributed by atoms with Crippen molar-refractivity contribution in [1.29, 1.82) is 0 Å². The molecule has 0 radical (unpaired) electrons. The highest BCUT2D eigenvalue weighted by molar-refractivity contribution is 6.05. The van der Waals surface area contributed by atoms with Gasteiger partial charge in [0.15, 0.2) is 5.69 Å². The topological polar surface area (TPSA) is 46.9 Å². The van der Waals surface area contributed by atoms with E-state index in [1.807, 2.05) is 0 Å². The van der Waals surface area contributed by atoms with Crippen LogP contribution in [0.25, 0.3) is 5.69 Å². The average molecular weight is 399 g/mol. The van der Waals surface area contributed by atoms with Gasteiger partial charge in [-0.05, 0) is 30.3 Å². The van der Waals surface area contributed by atoms with Crippen LogP contribution in [0.4, 0.5) is 32.0 Å². The standard InChI is InChI=1S/C18H11F6N3O/c19-17(20,21)11-5-4-6-12(9-11)26-16(28)14-10-25-27(15(14)18(22,23)24)13-7-2-1-3-8-13/h1-10H,(H,26,28). The molecule has 2 aromatic carbocycles. The predicted molar refractivity (Wildman–Crippen MR) is 88.0 cm³/mol. The maximum atomic E-state index is 13.6. The SMILES string of the molecule is O=C(Nc1cccc(C(F)(F)F)c1)c1cnn(-c2ccccc2)c1C(F)(F)F. The molecule has 3 rings (SSSR count). The lowest BCUT2D eigenvalue weighted by molar-refractivity contribution is -0.143. The van der Waals surface area contributed by atoms with Gasteiger partial charge in [-0.1, -0.05) is 24.3 Å². The molecule has 0 unspecified atom stereocenters. The minimum Gasteiger partial charge on any atom is -0.322 e. The summed E-state index contributed by atoms with van der Waals surface area (Å²) in [7, 11) is 0. The van der Waals surface area contributed by atoms with Crippen molar-refractivity contribution >= 4 is 11.6 Å². The van der Waals surface area contributed by atoms with Gasteiger partial charge in [0.1, 0.15) is 0 Å². The van der Waals surface area contributed by atoms with Gasteiger partial charge in [-0.3, -0.25) is 4.79 Å². The fraction of sp³-hybridized carbons (Fsp3) is 0.111. The molecule has 1 aromatic heterocycles. The van der Waals surface area contributed by atoms with Crippen LogP contribution in [0.15, 0.2) is 60.8 Å². The Hall–Kier alpha value is -3.30. The third kappa shape index (κ3) is 4.00. The molecule has 1 heterocycles. The van der Waals surface area contributed by atoms with Crippen molar-refractivity contribution < 1.29 is 31.1 Å². The Morgan fingerprint density at radius 1 is 0.893 bits per heavy atom. The molecule has 146 valence electrons. The fourth-order valence-corrected chi connectivity index (χ4v) is 2.52. The van der Waals surface area contributed by atoms with E-state index in [2.05, 4.69) is 10.4 Å². The molecule has 1 amide bonds. The van der Waals surface area contributed by atoms with Crippen LogP contribution in [-0.2, 0) is 12.4 Å². The zero-order valence-electron chi connectivity index (χ0n) is 13.8. The lowest BCUT2D eigenvalue weighted by Gasteiger charge is -2.13. The number of nitrogens with one attached hydrogen (secondary N) is 1. The van der Waals surface area contributed by atoms with Gasteiger partial charge >= 0.3 is 12.4 Å². The Balaban J connectivity index is 1.98. The van der Waals surface area contributed by atoms with Crippen LogP contribution in [0.2, 0.25) is 0 Å². The van der Waals surface area contributed by atoms with Crippen molar-refractivity contribution in [3.63, 3.8) is 0 Å². The van der Waals surface area contributed by atoms with E-state index in [0.29, 0.717) is 10.7 Å². The van der Waals surface area contributed by atoms with Crippen LogP contribution in [0, 0.1) is 0 Å². The molecule has 0 aliphatic carbocycles. The Morgan fingerprint density at radius 2 is 1.57 bits per heavy atom. The number of rotatable bonds is 3. The minimum atomic E-state index is -4.92. The van der Waals surface area contributed by atoms with Crippen LogP contribution in [0.3, 0.4) is 0 Å². The van der Waals surface area contributed by atoms with E-state index in [9.17, 15) is 31.1 Å². The largest absolute Gasteiger partial charge is 0.434 e. The van der Waals surface area contributed by atoms with E-state index in [0.717, 1.165) is 24.4 Å². The summed E-state index contributed by atoms with van der Waals surface area (Å²) in [4.78, 5) is 12.3. The minimum absolute atomic E-state index is 0.0768. The Kier molecular flexibility index (Phi) is 4.88. The van der Waals surface area contributed by atoms with Gasteiger partial charge in [0.2, 0.25) is 0 Å². The number of hydrogen-bond donors (Lipinski definition) is 1. The van der Waals surface area contributed by atoms with Gasteiger partial charge in [-0.15, -0.1) is 0 Å². The average Bonchev–Trinajstić information content (AvgIpc) is 3.08. The van der Waals surface area contributed by atoms with Crippen LogP contribution in [-0.4, -0.2) is 15.7 Å². The first-order valence-electron chi connectivity index (χ1n) is 7.76. The molecule has 1 N–H and O–H groups in total. The van der Waals surface area contributed by atoms with Gasteiger partial charge in [0, 0.05) is 5.69 Å². The number of alkyl halides is 6. The number of aromatic nitrogens is 2. The van der Waals surface area contributed by atoms with Crippen molar-refractivity contribution in [2.45, 2.75) is 12.4 Å². The van der Waals surface area contributed by atoms with E-state index in [1.165, 1.54) is 24.3 Å². The Morgan fingerprint density at radius 3 is 2.18 bits per heavy atom. The number of benzene rings is 2. The fourth-order valence-electron chi connectivity index (χ4n) is 2.52. The van der Waals surface area contributed by atoms with Crippen molar-refractivity contribution in [2.75, 3.05) is 5.32 Å². The number of amides is 1. The molecule has 0 fully saturated rings. The van der Waals surface area contributed by atoms with Crippen molar-refractivity contribution in [3.05, 3.63) is 77.6 Å². The molecule has 0 saturated heterocycles. The summed E-state index contributed by atoms with van der Waals surface area (Å²) in [6.45, 7) is 0. The van der Waals surface area contributed by atoms with E-state index in [-0.39, 0.29) is 11.4 Å². The third-order valence-electron chi connectivity index (χ3n) is 3.73. The summed E-state index contributed by atoms with van der Waals surface area (Å²) >= 11 is 0. The summed E-state index contributed by atoms with van der Waals surface area (Å²) in [5, 5.41) is 5.68. The molecule has 0 atom stereocenters. The smallest absolute Gasteiger partial charge is 0.322 e. The third-order valence-corrected chi connectivity index (χ3v) is 3.73. The second-order valence-electron chi connectivity index (χ2n) is 5.68. The van der Waals surface area contributed by atoms with E-state index >= 15 is 0 Å². The number of nitrogens with zero attached hydrogens (tertiary/aromatic N) is 2.